The quantitative estimate of drug-likeness (QED) is 0.664. The second-order valence-electron chi connectivity index (χ2n) is 6.41. The van der Waals surface area contributed by atoms with Gasteiger partial charge in [-0.3, -0.25) is 4.90 Å². The van der Waals surface area contributed by atoms with E-state index in [-0.39, 0.29) is 24.8 Å². The van der Waals surface area contributed by atoms with Crippen molar-refractivity contribution in [1.29, 1.82) is 0 Å². The Morgan fingerprint density at radius 3 is 2.18 bits per heavy atom. The molecule has 22 heavy (non-hydrogen) atoms. The molecule has 0 aromatic heterocycles. The number of nitrogens with zero attached hydrogens (tertiary/aromatic N) is 1. The first-order chi connectivity index (χ1) is 9.65. The van der Waals surface area contributed by atoms with E-state index in [1.165, 1.54) is 12.8 Å². The smallest absolute Gasteiger partial charge is 0.0925 e. The number of aliphatic hydroxyl groups is 2. The van der Waals surface area contributed by atoms with Crippen LogP contribution in [-0.4, -0.2) is 66.2 Å². The van der Waals surface area contributed by atoms with E-state index in [1.54, 1.807) is 0 Å². The van der Waals surface area contributed by atoms with Crippen LogP contribution in [0.1, 0.15) is 38.5 Å². The Hall–Kier alpha value is 0.380. The van der Waals surface area contributed by atoms with Crippen LogP contribution in [0, 0.1) is 5.92 Å². The van der Waals surface area contributed by atoms with E-state index in [4.69, 9.17) is 10.5 Å². The maximum atomic E-state index is 10.1. The molecule has 2 rings (SSSR count). The molecule has 0 aromatic rings. The maximum Gasteiger partial charge on any atom is 0.0925 e. The number of ether oxygens (including phenoxy) is 1. The van der Waals surface area contributed by atoms with E-state index in [9.17, 15) is 10.2 Å². The molecule has 2 atom stereocenters. The lowest BCUT2D eigenvalue weighted by atomic mass is 9.83. The van der Waals surface area contributed by atoms with Crippen molar-refractivity contribution >= 4 is 24.8 Å². The molecule has 1 saturated heterocycles. The molecule has 2 fully saturated rings. The molecule has 2 aliphatic rings. The number of β-amino-alcohol motifs (C(OH)–C–C–N with tert-alkyl or cyclic N) is 1. The molecule has 5 nitrogen and oxygen atoms in total. The Kier molecular flexibility index (Phi) is 12.0. The second-order valence-corrected chi connectivity index (χ2v) is 6.41. The predicted octanol–water partition coefficient (Wildman–Crippen LogP) is 1.18. The first-order valence-corrected chi connectivity index (χ1v) is 8.07. The average molecular weight is 359 g/mol. The van der Waals surface area contributed by atoms with Gasteiger partial charge in [-0.2, -0.15) is 0 Å². The van der Waals surface area contributed by atoms with Crippen molar-refractivity contribution in [3.05, 3.63) is 0 Å². The van der Waals surface area contributed by atoms with Gasteiger partial charge in [0.1, 0.15) is 0 Å². The highest BCUT2D eigenvalue weighted by atomic mass is 35.5. The van der Waals surface area contributed by atoms with Crippen LogP contribution in [0.25, 0.3) is 0 Å². The molecule has 1 aliphatic carbocycles. The molecule has 2 unspecified atom stereocenters. The van der Waals surface area contributed by atoms with Crippen molar-refractivity contribution in [1.82, 2.24) is 4.90 Å². The fraction of sp³-hybridized carbons (Fsp3) is 1.00. The minimum absolute atomic E-state index is 0. The Labute approximate surface area is 146 Å². The number of morpholine rings is 1. The number of halogens is 2. The fourth-order valence-electron chi connectivity index (χ4n) is 3.25. The van der Waals surface area contributed by atoms with E-state index in [2.05, 4.69) is 4.90 Å². The van der Waals surface area contributed by atoms with Gasteiger partial charge < -0.3 is 20.7 Å². The summed E-state index contributed by atoms with van der Waals surface area (Å²) in [4.78, 5) is 2.16. The number of hydrogen-bond acceptors (Lipinski definition) is 5. The number of aliphatic hydroxyl groups excluding tert-OH is 2. The van der Waals surface area contributed by atoms with Crippen molar-refractivity contribution < 1.29 is 14.9 Å². The molecule has 0 bridgehead atoms. The van der Waals surface area contributed by atoms with Gasteiger partial charge in [0.15, 0.2) is 0 Å². The molecule has 0 amide bonds. The molecule has 1 aliphatic heterocycles. The summed E-state index contributed by atoms with van der Waals surface area (Å²) in [6.45, 7) is 3.71. The Bertz CT molecular complexity index is 274. The molecule has 1 saturated carbocycles. The van der Waals surface area contributed by atoms with Crippen LogP contribution < -0.4 is 5.73 Å². The predicted molar refractivity (Wildman–Crippen MR) is 92.9 cm³/mol. The van der Waals surface area contributed by atoms with Gasteiger partial charge in [-0.1, -0.05) is 0 Å². The third kappa shape index (κ3) is 7.77. The normalized spacial score (nSPS) is 29.0. The zero-order chi connectivity index (χ0) is 14.4. The zero-order valence-corrected chi connectivity index (χ0v) is 14.9. The molecular formula is C15H32Cl2N2O3. The third-order valence-electron chi connectivity index (χ3n) is 4.76. The lowest BCUT2D eigenvalue weighted by Crippen LogP contribution is -2.44. The van der Waals surface area contributed by atoms with Crippen LogP contribution in [0.15, 0.2) is 0 Å². The molecule has 1 heterocycles. The van der Waals surface area contributed by atoms with E-state index in [1.807, 2.05) is 0 Å². The largest absolute Gasteiger partial charge is 0.390 e. The Balaban J connectivity index is 0.00000220. The number of nitrogens with two attached hydrogens (primary N) is 1. The highest BCUT2D eigenvalue weighted by molar-refractivity contribution is 5.85. The van der Waals surface area contributed by atoms with Crippen molar-refractivity contribution in [3.63, 3.8) is 0 Å². The first kappa shape index (κ1) is 22.4. The third-order valence-corrected chi connectivity index (χ3v) is 4.76. The SMILES string of the molecule is Cl.Cl.NC1CCC(CCC(O)C(O)CN2CCOCC2)CC1. The van der Waals surface area contributed by atoms with E-state index in [0.717, 1.165) is 45.6 Å². The molecule has 134 valence electrons. The van der Waals surface area contributed by atoms with Crippen LogP contribution in [-0.2, 0) is 4.74 Å². The van der Waals surface area contributed by atoms with E-state index in [0.29, 0.717) is 24.9 Å². The van der Waals surface area contributed by atoms with E-state index < -0.39 is 12.2 Å². The molecule has 4 N–H and O–H groups in total. The van der Waals surface area contributed by atoms with Gasteiger partial charge in [0, 0.05) is 25.7 Å². The average Bonchev–Trinajstić information content (AvgIpc) is 2.47. The summed E-state index contributed by atoms with van der Waals surface area (Å²) >= 11 is 0. The van der Waals surface area contributed by atoms with Crippen molar-refractivity contribution in [2.75, 3.05) is 32.8 Å². The molecule has 0 aromatic carbocycles. The molecule has 0 spiro atoms. The Morgan fingerprint density at radius 1 is 1.00 bits per heavy atom. The van der Waals surface area contributed by atoms with Gasteiger partial charge in [-0.15, -0.1) is 24.8 Å². The summed E-state index contributed by atoms with van der Waals surface area (Å²) in [6, 6.07) is 0.378. The highest BCUT2D eigenvalue weighted by Crippen LogP contribution is 2.27. The van der Waals surface area contributed by atoms with Crippen molar-refractivity contribution in [2.45, 2.75) is 56.8 Å². The van der Waals surface area contributed by atoms with Crippen LogP contribution in [0.2, 0.25) is 0 Å². The lowest BCUT2D eigenvalue weighted by Gasteiger charge is -2.31. The Morgan fingerprint density at radius 2 is 1.59 bits per heavy atom. The van der Waals surface area contributed by atoms with Gasteiger partial charge in [0.25, 0.3) is 0 Å². The van der Waals surface area contributed by atoms with Gasteiger partial charge in [-0.25, -0.2) is 0 Å². The summed E-state index contributed by atoms with van der Waals surface area (Å²) in [7, 11) is 0. The van der Waals surface area contributed by atoms with Crippen LogP contribution in [0.3, 0.4) is 0 Å². The monoisotopic (exact) mass is 358 g/mol. The van der Waals surface area contributed by atoms with Gasteiger partial charge in [-0.05, 0) is 44.4 Å². The molecule has 0 radical (unpaired) electrons. The summed E-state index contributed by atoms with van der Waals surface area (Å²) in [6.07, 6.45) is 5.03. The van der Waals surface area contributed by atoms with Gasteiger partial charge in [0.05, 0.1) is 25.4 Å². The van der Waals surface area contributed by atoms with E-state index >= 15 is 0 Å². The minimum Gasteiger partial charge on any atom is -0.390 e. The highest BCUT2D eigenvalue weighted by Gasteiger charge is 2.24. The van der Waals surface area contributed by atoms with Gasteiger partial charge >= 0.3 is 0 Å². The van der Waals surface area contributed by atoms with Gasteiger partial charge in [0.2, 0.25) is 0 Å². The van der Waals surface area contributed by atoms with Crippen LogP contribution in [0.5, 0.6) is 0 Å². The zero-order valence-electron chi connectivity index (χ0n) is 13.2. The number of hydrogen-bond donors (Lipinski definition) is 3. The number of rotatable bonds is 6. The first-order valence-electron chi connectivity index (χ1n) is 8.07. The standard InChI is InChI=1S/C15H30N2O3.2ClH/c16-13-4-1-12(2-5-13)3-6-14(18)15(19)11-17-7-9-20-10-8-17;;/h12-15,18-19H,1-11,16H2;2*1H. The topological polar surface area (TPSA) is 79.0 Å². The second kappa shape index (κ2) is 11.8. The van der Waals surface area contributed by atoms with Crippen molar-refractivity contribution in [3.8, 4) is 0 Å². The fourth-order valence-corrected chi connectivity index (χ4v) is 3.25. The molecular weight excluding hydrogens is 327 g/mol. The molecule has 7 heteroatoms. The lowest BCUT2D eigenvalue weighted by molar-refractivity contribution is -0.0327. The van der Waals surface area contributed by atoms with Crippen molar-refractivity contribution in [2.24, 2.45) is 11.7 Å². The van der Waals surface area contributed by atoms with Crippen LogP contribution in [0.4, 0.5) is 0 Å². The minimum atomic E-state index is -0.640. The summed E-state index contributed by atoms with van der Waals surface area (Å²) in [5.74, 6) is 0.681. The van der Waals surface area contributed by atoms with Crippen LogP contribution >= 0.6 is 24.8 Å². The summed E-state index contributed by atoms with van der Waals surface area (Å²) < 4.78 is 5.28. The summed E-state index contributed by atoms with van der Waals surface area (Å²) in [5.41, 5.74) is 5.90. The maximum absolute atomic E-state index is 10.1. The summed E-state index contributed by atoms with van der Waals surface area (Å²) in [5, 5.41) is 20.2.